The van der Waals surface area contributed by atoms with Gasteiger partial charge in [-0.25, -0.2) is 4.79 Å². The quantitative estimate of drug-likeness (QED) is 0.732. The first-order valence-electron chi connectivity index (χ1n) is 8.38. The summed E-state index contributed by atoms with van der Waals surface area (Å²) in [6, 6.07) is 16.5. The molecular formula is C20H25NO4. The van der Waals surface area contributed by atoms with Crippen LogP contribution < -0.4 is 4.74 Å². The molecule has 0 amide bonds. The second-order valence-corrected chi connectivity index (χ2v) is 6.31. The third-order valence-electron chi connectivity index (χ3n) is 3.92. The minimum absolute atomic E-state index is 0.208. The predicted octanol–water partition coefficient (Wildman–Crippen LogP) is 3.04. The van der Waals surface area contributed by atoms with Gasteiger partial charge in [0.1, 0.15) is 18.5 Å². The van der Waals surface area contributed by atoms with Crippen molar-refractivity contribution in [3.8, 4) is 5.75 Å². The SMILES string of the molecule is CC(C)N(Cc1cccc(C(=O)O)c1)CC(O)COc1ccccc1. The van der Waals surface area contributed by atoms with E-state index in [1.54, 1.807) is 18.2 Å². The number of aliphatic hydroxyl groups is 1. The van der Waals surface area contributed by atoms with E-state index in [2.05, 4.69) is 4.90 Å². The van der Waals surface area contributed by atoms with Gasteiger partial charge in [0.05, 0.1) is 5.56 Å². The number of ether oxygens (including phenoxy) is 1. The second-order valence-electron chi connectivity index (χ2n) is 6.31. The molecule has 1 unspecified atom stereocenters. The molecule has 1 atom stereocenters. The number of carboxylic acids is 1. The molecule has 0 heterocycles. The highest BCUT2D eigenvalue weighted by Crippen LogP contribution is 2.13. The topological polar surface area (TPSA) is 70.0 Å². The van der Waals surface area contributed by atoms with Crippen LogP contribution in [0.15, 0.2) is 54.6 Å². The molecule has 134 valence electrons. The van der Waals surface area contributed by atoms with E-state index in [1.165, 1.54) is 0 Å². The highest BCUT2D eigenvalue weighted by molar-refractivity contribution is 5.87. The first-order chi connectivity index (χ1) is 12.0. The van der Waals surface area contributed by atoms with Crippen LogP contribution in [0.2, 0.25) is 0 Å². The first kappa shape index (κ1) is 19.0. The highest BCUT2D eigenvalue weighted by atomic mass is 16.5. The lowest BCUT2D eigenvalue weighted by Crippen LogP contribution is -2.39. The van der Waals surface area contributed by atoms with Crippen molar-refractivity contribution in [2.75, 3.05) is 13.2 Å². The molecule has 0 bridgehead atoms. The third-order valence-corrected chi connectivity index (χ3v) is 3.92. The fourth-order valence-electron chi connectivity index (χ4n) is 2.53. The fraction of sp³-hybridized carbons (Fsp3) is 0.350. The zero-order chi connectivity index (χ0) is 18.2. The maximum absolute atomic E-state index is 11.1. The number of carboxylic acid groups (broad SMARTS) is 1. The molecular weight excluding hydrogens is 318 g/mol. The first-order valence-corrected chi connectivity index (χ1v) is 8.38. The molecule has 0 spiro atoms. The maximum Gasteiger partial charge on any atom is 0.335 e. The Bertz CT molecular complexity index is 672. The Morgan fingerprint density at radius 1 is 1.12 bits per heavy atom. The van der Waals surface area contributed by atoms with E-state index >= 15 is 0 Å². The number of nitrogens with zero attached hydrogens (tertiary/aromatic N) is 1. The molecule has 5 heteroatoms. The summed E-state index contributed by atoms with van der Waals surface area (Å²) in [6.07, 6.45) is -0.634. The van der Waals surface area contributed by atoms with Gasteiger partial charge in [0, 0.05) is 19.1 Å². The minimum atomic E-state index is -0.936. The normalized spacial score (nSPS) is 12.4. The van der Waals surface area contributed by atoms with Crippen molar-refractivity contribution in [2.45, 2.75) is 32.5 Å². The number of aromatic carboxylic acids is 1. The summed E-state index contributed by atoms with van der Waals surface area (Å²) < 4.78 is 5.59. The number of hydrogen-bond acceptors (Lipinski definition) is 4. The summed E-state index contributed by atoms with van der Waals surface area (Å²) in [5, 5.41) is 19.4. The molecule has 2 aromatic rings. The van der Waals surface area contributed by atoms with Crippen molar-refractivity contribution in [1.82, 2.24) is 4.90 Å². The van der Waals surface area contributed by atoms with Gasteiger partial charge < -0.3 is 14.9 Å². The van der Waals surface area contributed by atoms with Gasteiger partial charge in [-0.15, -0.1) is 0 Å². The standard InChI is InChI=1S/C20H25NO4/c1-15(2)21(12-16-7-6-8-17(11-16)20(23)24)13-18(22)14-25-19-9-4-3-5-10-19/h3-11,15,18,22H,12-14H2,1-2H3,(H,23,24). The highest BCUT2D eigenvalue weighted by Gasteiger charge is 2.16. The van der Waals surface area contributed by atoms with Crippen LogP contribution in [0.25, 0.3) is 0 Å². The van der Waals surface area contributed by atoms with Gasteiger partial charge >= 0.3 is 5.97 Å². The molecule has 2 N–H and O–H groups in total. The molecule has 5 nitrogen and oxygen atoms in total. The Morgan fingerprint density at radius 3 is 2.48 bits per heavy atom. The number of hydrogen-bond donors (Lipinski definition) is 2. The molecule has 25 heavy (non-hydrogen) atoms. The number of benzene rings is 2. The van der Waals surface area contributed by atoms with Gasteiger partial charge in [-0.05, 0) is 43.7 Å². The Morgan fingerprint density at radius 2 is 1.84 bits per heavy atom. The molecule has 0 fully saturated rings. The van der Waals surface area contributed by atoms with Crippen LogP contribution in [0.4, 0.5) is 0 Å². The largest absolute Gasteiger partial charge is 0.491 e. The summed E-state index contributed by atoms with van der Waals surface area (Å²) >= 11 is 0. The molecule has 0 saturated carbocycles. The minimum Gasteiger partial charge on any atom is -0.491 e. The summed E-state index contributed by atoms with van der Waals surface area (Å²) in [5.74, 6) is -0.207. The second kappa shape index (κ2) is 9.20. The Balaban J connectivity index is 1.93. The van der Waals surface area contributed by atoms with E-state index in [4.69, 9.17) is 9.84 Å². The van der Waals surface area contributed by atoms with Crippen LogP contribution in [0.5, 0.6) is 5.75 Å². The average Bonchev–Trinajstić information content (AvgIpc) is 2.60. The van der Waals surface area contributed by atoms with Crippen molar-refractivity contribution < 1.29 is 19.7 Å². The zero-order valence-electron chi connectivity index (χ0n) is 14.6. The van der Waals surface area contributed by atoms with Gasteiger partial charge in [-0.2, -0.15) is 0 Å². The van der Waals surface area contributed by atoms with Crippen molar-refractivity contribution in [2.24, 2.45) is 0 Å². The predicted molar refractivity (Wildman–Crippen MR) is 96.9 cm³/mol. The molecule has 0 aliphatic heterocycles. The molecule has 2 rings (SSSR count). The van der Waals surface area contributed by atoms with Crippen LogP contribution in [0.3, 0.4) is 0 Å². The van der Waals surface area contributed by atoms with Crippen molar-refractivity contribution in [1.29, 1.82) is 0 Å². The van der Waals surface area contributed by atoms with Crippen LogP contribution in [-0.4, -0.2) is 46.4 Å². The molecule has 0 saturated heterocycles. The zero-order valence-corrected chi connectivity index (χ0v) is 14.6. The van der Waals surface area contributed by atoms with E-state index in [0.717, 1.165) is 11.3 Å². The van der Waals surface area contributed by atoms with Gasteiger partial charge in [-0.3, -0.25) is 4.90 Å². The molecule has 0 radical (unpaired) electrons. The monoisotopic (exact) mass is 343 g/mol. The Kier molecular flexibility index (Phi) is 6.98. The lowest BCUT2D eigenvalue weighted by atomic mass is 10.1. The van der Waals surface area contributed by atoms with E-state index < -0.39 is 12.1 Å². The molecule has 0 aromatic heterocycles. The van der Waals surface area contributed by atoms with Crippen LogP contribution in [0.1, 0.15) is 29.8 Å². The number of rotatable bonds is 9. The summed E-state index contributed by atoms with van der Waals surface area (Å²) in [7, 11) is 0. The van der Waals surface area contributed by atoms with Gasteiger partial charge in [0.2, 0.25) is 0 Å². The van der Waals surface area contributed by atoms with Crippen LogP contribution >= 0.6 is 0 Å². The smallest absolute Gasteiger partial charge is 0.335 e. The lowest BCUT2D eigenvalue weighted by Gasteiger charge is -2.29. The number of aliphatic hydroxyl groups excluding tert-OH is 1. The van der Waals surface area contributed by atoms with Crippen molar-refractivity contribution >= 4 is 5.97 Å². The van der Waals surface area contributed by atoms with Crippen LogP contribution in [-0.2, 0) is 6.54 Å². The van der Waals surface area contributed by atoms with Crippen LogP contribution in [0, 0.1) is 0 Å². The Hall–Kier alpha value is -2.37. The number of para-hydroxylation sites is 1. The van der Waals surface area contributed by atoms with Gasteiger partial charge in [0.15, 0.2) is 0 Å². The van der Waals surface area contributed by atoms with E-state index in [0.29, 0.717) is 13.1 Å². The van der Waals surface area contributed by atoms with Crippen molar-refractivity contribution in [3.63, 3.8) is 0 Å². The fourth-order valence-corrected chi connectivity index (χ4v) is 2.53. The van der Waals surface area contributed by atoms with E-state index in [9.17, 15) is 9.90 Å². The van der Waals surface area contributed by atoms with Gasteiger partial charge in [0.25, 0.3) is 0 Å². The average molecular weight is 343 g/mol. The Labute approximate surface area is 148 Å². The third kappa shape index (κ3) is 6.21. The van der Waals surface area contributed by atoms with E-state index in [1.807, 2.05) is 50.2 Å². The summed E-state index contributed by atoms with van der Waals surface area (Å²) in [4.78, 5) is 13.2. The van der Waals surface area contributed by atoms with E-state index in [-0.39, 0.29) is 18.2 Å². The molecule has 0 aliphatic rings. The lowest BCUT2D eigenvalue weighted by molar-refractivity contribution is 0.0542. The molecule has 0 aliphatic carbocycles. The van der Waals surface area contributed by atoms with Crippen molar-refractivity contribution in [3.05, 3.63) is 65.7 Å². The number of carbonyl (C=O) groups is 1. The summed E-state index contributed by atoms with van der Waals surface area (Å²) in [6.45, 7) is 5.32. The summed E-state index contributed by atoms with van der Waals surface area (Å²) in [5.41, 5.74) is 1.18. The van der Waals surface area contributed by atoms with Gasteiger partial charge in [-0.1, -0.05) is 30.3 Å². The molecule has 2 aromatic carbocycles. The maximum atomic E-state index is 11.1.